The fourth-order valence-electron chi connectivity index (χ4n) is 1.96. The fourth-order valence-corrected chi connectivity index (χ4v) is 3.18. The number of aromatic nitrogens is 1. The molecule has 0 atom stereocenters. The molecule has 0 spiro atoms. The summed E-state index contributed by atoms with van der Waals surface area (Å²) in [6.45, 7) is 0.477. The zero-order chi connectivity index (χ0) is 11.8. The van der Waals surface area contributed by atoms with Gasteiger partial charge in [0.05, 0.1) is 11.0 Å². The summed E-state index contributed by atoms with van der Waals surface area (Å²) in [5.74, 6) is 0.286. The minimum Gasteiger partial charge on any atom is -0.393 e. The smallest absolute Gasteiger partial charge is 0.244 e. The summed E-state index contributed by atoms with van der Waals surface area (Å²) >= 11 is 0. The average Bonchev–Trinajstić information content (AvgIpc) is 2.68. The first-order chi connectivity index (χ1) is 7.50. The maximum absolute atomic E-state index is 12.0. The lowest BCUT2D eigenvalue weighted by molar-refractivity contribution is 0.0367. The van der Waals surface area contributed by atoms with Crippen LogP contribution in [0.15, 0.2) is 23.4 Å². The van der Waals surface area contributed by atoms with Crippen molar-refractivity contribution in [1.29, 1.82) is 0 Å². The number of sulfonamides is 1. The number of aromatic amines is 1. The molecule has 1 fully saturated rings. The molecule has 0 unspecified atom stereocenters. The Morgan fingerprint density at radius 2 is 2.25 bits per heavy atom. The number of rotatable bonds is 4. The van der Waals surface area contributed by atoms with Gasteiger partial charge < -0.3 is 10.1 Å². The predicted molar refractivity (Wildman–Crippen MR) is 59.3 cm³/mol. The van der Waals surface area contributed by atoms with Crippen molar-refractivity contribution in [3.8, 4) is 0 Å². The van der Waals surface area contributed by atoms with Crippen LogP contribution in [-0.4, -0.2) is 42.5 Å². The normalized spacial score (nSPS) is 25.7. The van der Waals surface area contributed by atoms with Crippen molar-refractivity contribution >= 4 is 10.0 Å². The standard InChI is InChI=1S/C10H16N2O3S/c1-12(7-8-4-9(13)5-8)16(14,15)10-2-3-11-6-10/h2-3,6,8-9,11,13H,4-5,7H2,1H3. The monoisotopic (exact) mass is 244 g/mol. The van der Waals surface area contributed by atoms with E-state index in [9.17, 15) is 8.42 Å². The number of nitrogens with zero attached hydrogens (tertiary/aromatic N) is 1. The SMILES string of the molecule is CN(CC1CC(O)C1)S(=O)(=O)c1cc[nH]c1. The highest BCUT2D eigenvalue weighted by molar-refractivity contribution is 7.89. The van der Waals surface area contributed by atoms with Gasteiger partial charge in [-0.15, -0.1) is 0 Å². The molecule has 1 aromatic heterocycles. The van der Waals surface area contributed by atoms with Gasteiger partial charge in [-0.25, -0.2) is 12.7 Å². The van der Waals surface area contributed by atoms with Crippen LogP contribution in [0.2, 0.25) is 0 Å². The van der Waals surface area contributed by atoms with E-state index in [1.54, 1.807) is 19.3 Å². The molecule has 1 aliphatic rings. The minimum atomic E-state index is -3.36. The molecule has 16 heavy (non-hydrogen) atoms. The van der Waals surface area contributed by atoms with Gasteiger partial charge in [-0.2, -0.15) is 0 Å². The van der Waals surface area contributed by atoms with E-state index in [4.69, 9.17) is 5.11 Å². The number of aliphatic hydroxyl groups is 1. The molecule has 0 saturated heterocycles. The van der Waals surface area contributed by atoms with Crippen LogP contribution >= 0.6 is 0 Å². The Morgan fingerprint density at radius 1 is 1.56 bits per heavy atom. The lowest BCUT2D eigenvalue weighted by Crippen LogP contribution is -2.39. The van der Waals surface area contributed by atoms with Gasteiger partial charge in [0, 0.05) is 26.0 Å². The van der Waals surface area contributed by atoms with Crippen molar-refractivity contribution < 1.29 is 13.5 Å². The van der Waals surface area contributed by atoms with E-state index < -0.39 is 10.0 Å². The van der Waals surface area contributed by atoms with Crippen LogP contribution in [0.4, 0.5) is 0 Å². The molecule has 2 N–H and O–H groups in total. The molecule has 1 aliphatic carbocycles. The number of hydrogen-bond donors (Lipinski definition) is 2. The van der Waals surface area contributed by atoms with Gasteiger partial charge in [0.2, 0.25) is 10.0 Å². The van der Waals surface area contributed by atoms with E-state index >= 15 is 0 Å². The summed E-state index contributed by atoms with van der Waals surface area (Å²) in [6, 6.07) is 1.54. The second-order valence-electron chi connectivity index (χ2n) is 4.32. The molecule has 1 heterocycles. The fraction of sp³-hybridized carbons (Fsp3) is 0.600. The van der Waals surface area contributed by atoms with E-state index in [1.165, 1.54) is 10.5 Å². The maximum atomic E-state index is 12.0. The molecule has 1 aromatic rings. The topological polar surface area (TPSA) is 73.4 Å². The summed E-state index contributed by atoms with van der Waals surface area (Å²) < 4.78 is 25.3. The average molecular weight is 244 g/mol. The summed E-state index contributed by atoms with van der Waals surface area (Å²) in [5.41, 5.74) is 0. The molecular weight excluding hydrogens is 228 g/mol. The van der Waals surface area contributed by atoms with E-state index in [0.717, 1.165) is 0 Å². The van der Waals surface area contributed by atoms with Crippen LogP contribution < -0.4 is 0 Å². The molecule has 2 rings (SSSR count). The maximum Gasteiger partial charge on any atom is 0.244 e. The molecule has 0 aliphatic heterocycles. The Hall–Kier alpha value is -0.850. The van der Waals surface area contributed by atoms with Crippen molar-refractivity contribution in [3.05, 3.63) is 18.5 Å². The summed E-state index contributed by atoms with van der Waals surface area (Å²) in [7, 11) is -1.79. The molecule has 6 heteroatoms. The van der Waals surface area contributed by atoms with E-state index in [-0.39, 0.29) is 16.9 Å². The van der Waals surface area contributed by atoms with Crippen molar-refractivity contribution in [2.24, 2.45) is 5.92 Å². The van der Waals surface area contributed by atoms with E-state index in [2.05, 4.69) is 4.98 Å². The number of aliphatic hydroxyl groups excluding tert-OH is 1. The number of hydrogen-bond acceptors (Lipinski definition) is 3. The van der Waals surface area contributed by atoms with Gasteiger partial charge in [0.15, 0.2) is 0 Å². The summed E-state index contributed by atoms with van der Waals surface area (Å²) in [6.07, 6.45) is 4.23. The number of nitrogens with one attached hydrogen (secondary N) is 1. The van der Waals surface area contributed by atoms with Crippen LogP contribution in [0.25, 0.3) is 0 Å². The van der Waals surface area contributed by atoms with Crippen LogP contribution in [0.5, 0.6) is 0 Å². The molecule has 0 amide bonds. The molecule has 5 nitrogen and oxygen atoms in total. The molecule has 1 saturated carbocycles. The quantitative estimate of drug-likeness (QED) is 0.805. The summed E-state index contributed by atoms with van der Waals surface area (Å²) in [5, 5.41) is 9.15. The van der Waals surface area contributed by atoms with Gasteiger partial charge in [-0.3, -0.25) is 0 Å². The Bertz CT molecular complexity index is 435. The second kappa shape index (κ2) is 4.20. The zero-order valence-electron chi connectivity index (χ0n) is 9.13. The minimum absolute atomic E-state index is 0.242. The molecule has 90 valence electrons. The Balaban J connectivity index is 2.01. The van der Waals surface area contributed by atoms with Gasteiger partial charge in [0.1, 0.15) is 0 Å². The van der Waals surface area contributed by atoms with Crippen molar-refractivity contribution in [3.63, 3.8) is 0 Å². The lowest BCUT2D eigenvalue weighted by atomic mass is 9.82. The molecule has 0 aromatic carbocycles. The van der Waals surface area contributed by atoms with Gasteiger partial charge in [-0.05, 0) is 24.8 Å². The van der Waals surface area contributed by atoms with Crippen molar-refractivity contribution in [2.75, 3.05) is 13.6 Å². The second-order valence-corrected chi connectivity index (χ2v) is 6.37. The Morgan fingerprint density at radius 3 is 2.75 bits per heavy atom. The zero-order valence-corrected chi connectivity index (χ0v) is 9.94. The van der Waals surface area contributed by atoms with Crippen LogP contribution in [0.1, 0.15) is 12.8 Å². The Labute approximate surface area is 95.1 Å². The molecule has 0 radical (unpaired) electrons. The highest BCUT2D eigenvalue weighted by Crippen LogP contribution is 2.29. The van der Waals surface area contributed by atoms with Crippen LogP contribution in [0, 0.1) is 5.92 Å². The third kappa shape index (κ3) is 2.14. The molecular formula is C10H16N2O3S. The first kappa shape index (κ1) is 11.6. The van der Waals surface area contributed by atoms with Gasteiger partial charge >= 0.3 is 0 Å². The Kier molecular flexibility index (Phi) is 3.05. The van der Waals surface area contributed by atoms with Crippen LogP contribution in [0.3, 0.4) is 0 Å². The lowest BCUT2D eigenvalue weighted by Gasteiger charge is -2.33. The van der Waals surface area contributed by atoms with Crippen molar-refractivity contribution in [2.45, 2.75) is 23.8 Å². The predicted octanol–water partition coefficient (Wildman–Crippen LogP) is 0.406. The van der Waals surface area contributed by atoms with Gasteiger partial charge in [-0.1, -0.05) is 0 Å². The van der Waals surface area contributed by atoms with E-state index in [0.29, 0.717) is 19.4 Å². The summed E-state index contributed by atoms with van der Waals surface area (Å²) in [4.78, 5) is 3.02. The highest BCUT2D eigenvalue weighted by atomic mass is 32.2. The third-order valence-corrected chi connectivity index (χ3v) is 4.82. The highest BCUT2D eigenvalue weighted by Gasteiger charge is 2.31. The first-order valence-electron chi connectivity index (χ1n) is 5.27. The third-order valence-electron chi connectivity index (χ3n) is 3.00. The van der Waals surface area contributed by atoms with Crippen LogP contribution in [-0.2, 0) is 10.0 Å². The molecule has 0 bridgehead atoms. The number of H-pyrrole nitrogens is 1. The largest absolute Gasteiger partial charge is 0.393 e. The van der Waals surface area contributed by atoms with Gasteiger partial charge in [0.25, 0.3) is 0 Å². The van der Waals surface area contributed by atoms with Crippen molar-refractivity contribution in [1.82, 2.24) is 9.29 Å². The first-order valence-corrected chi connectivity index (χ1v) is 6.71. The van der Waals surface area contributed by atoms with E-state index in [1.807, 2.05) is 0 Å².